The number of rotatable bonds is 5. The Kier molecular flexibility index (Phi) is 5.60. The Morgan fingerprint density at radius 3 is 2.65 bits per heavy atom. The zero-order chi connectivity index (χ0) is 17.0. The van der Waals surface area contributed by atoms with Crippen molar-refractivity contribution < 1.29 is 31.1 Å². The highest BCUT2D eigenvalue weighted by Gasteiger charge is 2.28. The standard InChI is InChI=1S/C13H15F3N2O4S/c14-9-3-4-10(13(16)12(9)15)18-11(19)6-17-23(20,21)8-2-1-5-22-7-8/h3-4,8,17H,1-2,5-7H2,(H,18,19)/t8-/m0/s1. The van der Waals surface area contributed by atoms with Gasteiger partial charge in [-0.25, -0.2) is 26.3 Å². The predicted molar refractivity (Wildman–Crippen MR) is 75.7 cm³/mol. The van der Waals surface area contributed by atoms with Gasteiger partial charge in [0.1, 0.15) is 0 Å². The van der Waals surface area contributed by atoms with Crippen LogP contribution in [-0.4, -0.2) is 39.3 Å². The van der Waals surface area contributed by atoms with Crippen molar-refractivity contribution in [2.45, 2.75) is 18.1 Å². The first kappa shape index (κ1) is 17.7. The molecule has 10 heteroatoms. The van der Waals surface area contributed by atoms with Crippen molar-refractivity contribution in [1.82, 2.24) is 4.72 Å². The van der Waals surface area contributed by atoms with Gasteiger partial charge in [-0.15, -0.1) is 0 Å². The first-order chi connectivity index (χ1) is 10.8. The number of amides is 1. The number of ether oxygens (including phenoxy) is 1. The van der Waals surface area contributed by atoms with Gasteiger partial charge in [-0.1, -0.05) is 0 Å². The lowest BCUT2D eigenvalue weighted by Crippen LogP contribution is -2.42. The SMILES string of the molecule is O=C(CNS(=O)(=O)[C@H]1CCCOC1)Nc1ccc(F)c(F)c1F. The first-order valence-corrected chi connectivity index (χ1v) is 8.35. The lowest BCUT2D eigenvalue weighted by Gasteiger charge is -2.22. The molecule has 0 aliphatic carbocycles. The van der Waals surface area contributed by atoms with Crippen molar-refractivity contribution in [2.24, 2.45) is 0 Å². The highest BCUT2D eigenvalue weighted by molar-refractivity contribution is 7.90. The molecule has 1 aliphatic heterocycles. The summed E-state index contributed by atoms with van der Waals surface area (Å²) in [5.41, 5.74) is -0.575. The molecule has 6 nitrogen and oxygen atoms in total. The number of hydrogen-bond acceptors (Lipinski definition) is 4. The molecule has 0 aromatic heterocycles. The molecule has 1 amide bonds. The summed E-state index contributed by atoms with van der Waals surface area (Å²) in [4.78, 5) is 11.6. The van der Waals surface area contributed by atoms with E-state index in [9.17, 15) is 26.4 Å². The summed E-state index contributed by atoms with van der Waals surface area (Å²) < 4.78 is 70.3. The Morgan fingerprint density at radius 2 is 2.00 bits per heavy atom. The van der Waals surface area contributed by atoms with Crippen LogP contribution in [0.3, 0.4) is 0 Å². The largest absolute Gasteiger partial charge is 0.380 e. The summed E-state index contributed by atoms with van der Waals surface area (Å²) in [7, 11) is -3.76. The Bertz CT molecular complexity index is 691. The monoisotopic (exact) mass is 352 g/mol. The van der Waals surface area contributed by atoms with Crippen LogP contribution in [0.15, 0.2) is 12.1 Å². The second-order valence-electron chi connectivity index (χ2n) is 4.98. The van der Waals surface area contributed by atoms with E-state index in [2.05, 4.69) is 4.72 Å². The maximum absolute atomic E-state index is 13.4. The van der Waals surface area contributed by atoms with E-state index in [1.165, 1.54) is 0 Å². The van der Waals surface area contributed by atoms with E-state index in [4.69, 9.17) is 4.74 Å². The van der Waals surface area contributed by atoms with Gasteiger partial charge in [0.25, 0.3) is 0 Å². The van der Waals surface area contributed by atoms with Gasteiger partial charge in [0.15, 0.2) is 17.5 Å². The molecular weight excluding hydrogens is 337 g/mol. The van der Waals surface area contributed by atoms with Gasteiger partial charge in [0.05, 0.1) is 24.1 Å². The third-order valence-corrected chi connectivity index (χ3v) is 5.10. The lowest BCUT2D eigenvalue weighted by atomic mass is 10.2. The molecule has 1 heterocycles. The lowest BCUT2D eigenvalue weighted by molar-refractivity contribution is -0.115. The molecule has 0 bridgehead atoms. The van der Waals surface area contributed by atoms with E-state index < -0.39 is 50.9 Å². The zero-order valence-electron chi connectivity index (χ0n) is 11.9. The van der Waals surface area contributed by atoms with E-state index in [1.54, 1.807) is 0 Å². The second-order valence-corrected chi connectivity index (χ2v) is 7.02. The molecule has 23 heavy (non-hydrogen) atoms. The maximum Gasteiger partial charge on any atom is 0.239 e. The number of hydrogen-bond donors (Lipinski definition) is 2. The summed E-state index contributed by atoms with van der Waals surface area (Å²) in [6.07, 6.45) is 1.01. The van der Waals surface area contributed by atoms with Gasteiger partial charge in [0, 0.05) is 6.61 Å². The van der Waals surface area contributed by atoms with Crippen LogP contribution in [0, 0.1) is 17.5 Å². The molecule has 0 saturated carbocycles. The molecular formula is C13H15F3N2O4S. The molecule has 1 aliphatic rings. The van der Waals surface area contributed by atoms with E-state index in [0.717, 1.165) is 6.07 Å². The minimum atomic E-state index is -3.76. The fourth-order valence-corrected chi connectivity index (χ4v) is 3.38. The molecule has 1 aromatic rings. The van der Waals surface area contributed by atoms with Crippen LogP contribution in [0.5, 0.6) is 0 Å². The van der Waals surface area contributed by atoms with E-state index in [-0.39, 0.29) is 6.61 Å². The topological polar surface area (TPSA) is 84.5 Å². The van der Waals surface area contributed by atoms with Crippen LogP contribution in [-0.2, 0) is 19.6 Å². The number of carbonyl (C=O) groups is 1. The van der Waals surface area contributed by atoms with Crippen LogP contribution >= 0.6 is 0 Å². The highest BCUT2D eigenvalue weighted by atomic mass is 32.2. The van der Waals surface area contributed by atoms with Crippen LogP contribution in [0.4, 0.5) is 18.9 Å². The quantitative estimate of drug-likeness (QED) is 0.779. The van der Waals surface area contributed by atoms with Gasteiger partial charge < -0.3 is 10.1 Å². The minimum absolute atomic E-state index is 0.0365. The first-order valence-electron chi connectivity index (χ1n) is 6.81. The molecule has 0 unspecified atom stereocenters. The van der Waals surface area contributed by atoms with E-state index in [0.29, 0.717) is 25.5 Å². The number of halogens is 3. The summed E-state index contributed by atoms with van der Waals surface area (Å²) >= 11 is 0. The van der Waals surface area contributed by atoms with Crippen molar-refractivity contribution >= 4 is 21.6 Å². The predicted octanol–water partition coefficient (Wildman–Crippen LogP) is 1.14. The van der Waals surface area contributed by atoms with Gasteiger partial charge in [-0.3, -0.25) is 4.79 Å². The molecule has 2 rings (SSSR count). The van der Waals surface area contributed by atoms with Gasteiger partial charge >= 0.3 is 0 Å². The zero-order valence-corrected chi connectivity index (χ0v) is 12.8. The summed E-state index contributed by atoms with van der Waals surface area (Å²) in [5.74, 6) is -5.57. The van der Waals surface area contributed by atoms with Crippen LogP contribution in [0.25, 0.3) is 0 Å². The average Bonchev–Trinajstić information content (AvgIpc) is 2.54. The van der Waals surface area contributed by atoms with Gasteiger partial charge in [-0.2, -0.15) is 0 Å². The number of nitrogens with one attached hydrogen (secondary N) is 2. The summed E-state index contributed by atoms with van der Waals surface area (Å²) in [6.45, 7) is -0.131. The Labute approximate surface area is 131 Å². The molecule has 1 aromatic carbocycles. The van der Waals surface area contributed by atoms with Crippen molar-refractivity contribution in [3.8, 4) is 0 Å². The second kappa shape index (κ2) is 7.28. The van der Waals surface area contributed by atoms with Crippen molar-refractivity contribution in [1.29, 1.82) is 0 Å². The summed E-state index contributed by atoms with van der Waals surface area (Å²) in [5, 5.41) is 1.21. The summed E-state index contributed by atoms with van der Waals surface area (Å²) in [6, 6.07) is 1.49. The van der Waals surface area contributed by atoms with Crippen LogP contribution in [0.1, 0.15) is 12.8 Å². The Balaban J connectivity index is 1.94. The molecule has 0 radical (unpaired) electrons. The smallest absolute Gasteiger partial charge is 0.239 e. The van der Waals surface area contributed by atoms with Crippen molar-refractivity contribution in [2.75, 3.05) is 25.1 Å². The third-order valence-electron chi connectivity index (χ3n) is 3.30. The number of anilines is 1. The van der Waals surface area contributed by atoms with Crippen molar-refractivity contribution in [3.63, 3.8) is 0 Å². The fraction of sp³-hybridized carbons (Fsp3) is 0.462. The number of benzene rings is 1. The van der Waals surface area contributed by atoms with Crippen LogP contribution < -0.4 is 10.0 Å². The van der Waals surface area contributed by atoms with Crippen LogP contribution in [0.2, 0.25) is 0 Å². The number of carbonyl (C=O) groups excluding carboxylic acids is 1. The normalized spacial score (nSPS) is 18.7. The van der Waals surface area contributed by atoms with Crippen molar-refractivity contribution in [3.05, 3.63) is 29.6 Å². The average molecular weight is 352 g/mol. The van der Waals surface area contributed by atoms with E-state index in [1.807, 2.05) is 5.32 Å². The molecule has 2 N–H and O–H groups in total. The Hall–Kier alpha value is -1.65. The minimum Gasteiger partial charge on any atom is -0.380 e. The molecule has 1 fully saturated rings. The molecule has 1 atom stereocenters. The maximum atomic E-state index is 13.4. The number of sulfonamides is 1. The third kappa shape index (κ3) is 4.43. The Morgan fingerprint density at radius 1 is 1.26 bits per heavy atom. The molecule has 0 spiro atoms. The van der Waals surface area contributed by atoms with Gasteiger partial charge in [-0.05, 0) is 25.0 Å². The van der Waals surface area contributed by atoms with E-state index >= 15 is 0 Å². The molecule has 128 valence electrons. The molecule has 1 saturated heterocycles. The highest BCUT2D eigenvalue weighted by Crippen LogP contribution is 2.19. The fourth-order valence-electron chi connectivity index (χ4n) is 2.06. The van der Waals surface area contributed by atoms with Gasteiger partial charge in [0.2, 0.25) is 15.9 Å².